The van der Waals surface area contributed by atoms with Crippen LogP contribution >= 0.6 is 0 Å². The van der Waals surface area contributed by atoms with E-state index in [0.29, 0.717) is 5.39 Å². The van der Waals surface area contributed by atoms with Crippen LogP contribution < -0.4 is 10.4 Å². The predicted molar refractivity (Wildman–Crippen MR) is 132 cm³/mol. The summed E-state index contributed by atoms with van der Waals surface area (Å²) < 4.78 is 27.7. The third kappa shape index (κ3) is 6.07. The minimum Gasteiger partial charge on any atom is -0.496 e. The lowest BCUT2D eigenvalue weighted by atomic mass is 9.90. The van der Waals surface area contributed by atoms with Crippen molar-refractivity contribution in [3.8, 4) is 5.75 Å². The number of carbonyl (C=O) groups is 1. The fourth-order valence-electron chi connectivity index (χ4n) is 4.13. The highest BCUT2D eigenvalue weighted by atomic mass is 16.7. The van der Waals surface area contributed by atoms with Gasteiger partial charge in [0, 0.05) is 28.7 Å². The summed E-state index contributed by atoms with van der Waals surface area (Å²) in [5.41, 5.74) is -1.54. The molecule has 0 radical (unpaired) electrons. The molecular weight excluding hydrogens is 504 g/mol. The molecule has 7 atom stereocenters. The molecule has 12 nitrogen and oxygen atoms in total. The smallest absolute Gasteiger partial charge is 0.336 e. The highest BCUT2D eigenvalue weighted by Gasteiger charge is 2.49. The van der Waals surface area contributed by atoms with E-state index in [4.69, 9.17) is 23.4 Å². The number of esters is 1. The maximum Gasteiger partial charge on any atom is 0.336 e. The second-order valence-corrected chi connectivity index (χ2v) is 9.55. The molecule has 0 aliphatic carbocycles. The van der Waals surface area contributed by atoms with E-state index in [-0.39, 0.29) is 22.5 Å². The fraction of sp³-hybridized carbons (Fsp3) is 0.538. The first-order chi connectivity index (χ1) is 17.8. The Labute approximate surface area is 218 Å². The van der Waals surface area contributed by atoms with Crippen LogP contribution in [0.3, 0.4) is 0 Å². The van der Waals surface area contributed by atoms with Gasteiger partial charge in [-0.1, -0.05) is 6.08 Å². The topological polar surface area (TPSA) is 185 Å². The quantitative estimate of drug-likeness (QED) is 0.167. The lowest BCUT2D eigenvalue weighted by Gasteiger charge is -2.45. The molecule has 1 fully saturated rings. The van der Waals surface area contributed by atoms with Gasteiger partial charge in [0.2, 0.25) is 0 Å². The molecular formula is C26H34O12. The lowest BCUT2D eigenvalue weighted by Crippen LogP contribution is -2.61. The van der Waals surface area contributed by atoms with Gasteiger partial charge < -0.3 is 48.9 Å². The van der Waals surface area contributed by atoms with E-state index in [0.717, 1.165) is 0 Å². The summed E-state index contributed by atoms with van der Waals surface area (Å²) in [6.45, 7) is 5.42. The van der Waals surface area contributed by atoms with Crippen LogP contribution in [0.5, 0.6) is 5.75 Å². The minimum atomic E-state index is -1.73. The van der Waals surface area contributed by atoms with Crippen LogP contribution in [0.25, 0.3) is 11.0 Å². The number of methoxy groups -OCH3 is 1. The van der Waals surface area contributed by atoms with Gasteiger partial charge in [-0.2, -0.15) is 0 Å². The summed E-state index contributed by atoms with van der Waals surface area (Å²) in [6, 6.07) is 5.63. The normalized spacial score (nSPS) is 26.2. The first kappa shape index (κ1) is 29.7. The monoisotopic (exact) mass is 538 g/mol. The third-order valence-electron chi connectivity index (χ3n) is 6.52. The van der Waals surface area contributed by atoms with E-state index >= 15 is 0 Å². The first-order valence-electron chi connectivity index (χ1n) is 12.0. The Morgan fingerprint density at radius 1 is 1.16 bits per heavy atom. The first-order valence-corrected chi connectivity index (χ1v) is 12.0. The van der Waals surface area contributed by atoms with Gasteiger partial charge in [0.25, 0.3) is 0 Å². The van der Waals surface area contributed by atoms with Crippen molar-refractivity contribution in [2.45, 2.75) is 76.2 Å². The SMILES string of the molecule is CC=C(C)C(=O)O[C@@H]([C@H](O)c1cc2ccc(=O)oc2cc1OC)C(C)(C)O[C@@H]1O[C@H](CO)[C@@H](O)[C@@H](O)[C@@H]1O. The van der Waals surface area contributed by atoms with Crippen LogP contribution in [-0.4, -0.2) is 87.6 Å². The molecule has 0 unspecified atom stereocenters. The van der Waals surface area contributed by atoms with Crippen LogP contribution in [0, 0.1) is 0 Å². The Bertz CT molecular complexity index is 1220. The molecule has 5 N–H and O–H groups in total. The van der Waals surface area contributed by atoms with Crippen LogP contribution in [0.2, 0.25) is 0 Å². The molecule has 0 amide bonds. The number of allylic oxidation sites excluding steroid dienone is 1. The molecule has 0 bridgehead atoms. The fourth-order valence-corrected chi connectivity index (χ4v) is 4.13. The molecule has 0 spiro atoms. The number of hydrogen-bond acceptors (Lipinski definition) is 12. The number of benzene rings is 1. The van der Waals surface area contributed by atoms with Crippen molar-refractivity contribution < 1.29 is 53.7 Å². The number of carbonyl (C=O) groups excluding carboxylic acids is 1. The number of rotatable bonds is 9. The van der Waals surface area contributed by atoms with E-state index < -0.39 is 66.7 Å². The van der Waals surface area contributed by atoms with E-state index in [1.165, 1.54) is 58.2 Å². The maximum absolute atomic E-state index is 12.8. The number of fused-ring (bicyclic) bond motifs is 1. The molecule has 38 heavy (non-hydrogen) atoms. The highest BCUT2D eigenvalue weighted by Crippen LogP contribution is 2.38. The Morgan fingerprint density at radius 2 is 1.84 bits per heavy atom. The molecule has 3 rings (SSSR count). The summed E-state index contributed by atoms with van der Waals surface area (Å²) in [6.07, 6.45) is -9.32. The van der Waals surface area contributed by atoms with E-state index in [1.807, 2.05) is 0 Å². The van der Waals surface area contributed by atoms with Crippen molar-refractivity contribution in [3.05, 3.63) is 51.9 Å². The van der Waals surface area contributed by atoms with Gasteiger partial charge in [-0.3, -0.25) is 0 Å². The van der Waals surface area contributed by atoms with Crippen LogP contribution in [0.15, 0.2) is 45.1 Å². The van der Waals surface area contributed by atoms with Crippen molar-refractivity contribution in [3.63, 3.8) is 0 Å². The number of aliphatic hydroxyl groups excluding tert-OH is 5. The maximum atomic E-state index is 12.8. The van der Waals surface area contributed by atoms with Gasteiger partial charge in [0.15, 0.2) is 12.4 Å². The van der Waals surface area contributed by atoms with Crippen molar-refractivity contribution >= 4 is 16.9 Å². The molecule has 12 heteroatoms. The lowest BCUT2D eigenvalue weighted by molar-refractivity contribution is -0.335. The Balaban J connectivity index is 2.04. The Hall–Kier alpha value is -2.84. The predicted octanol–water partition coefficient (Wildman–Crippen LogP) is 0.308. The molecule has 2 aromatic rings. The summed E-state index contributed by atoms with van der Waals surface area (Å²) in [7, 11) is 1.35. The van der Waals surface area contributed by atoms with Crippen molar-refractivity contribution in [1.29, 1.82) is 0 Å². The van der Waals surface area contributed by atoms with Crippen LogP contribution in [0.1, 0.15) is 39.4 Å². The Morgan fingerprint density at radius 3 is 2.45 bits per heavy atom. The molecule has 0 saturated carbocycles. The standard InChI is InChI=1S/C26H34O12/c1-6-12(2)24(33)37-23(26(3,4)38-25-22(32)21(31)20(30)17(11-27)36-25)19(29)14-9-13-7-8-18(28)35-15(13)10-16(14)34-5/h6-10,17,19-23,25,27,29-32H,11H2,1-5H3/t17-,19-,20-,21-,22+,23+,25+/m1/s1. The van der Waals surface area contributed by atoms with Crippen molar-refractivity contribution in [2.75, 3.05) is 13.7 Å². The average Bonchev–Trinajstić information content (AvgIpc) is 2.89. The Kier molecular flexibility index (Phi) is 9.31. The van der Waals surface area contributed by atoms with Crippen molar-refractivity contribution in [1.82, 2.24) is 0 Å². The summed E-state index contributed by atoms with van der Waals surface area (Å²) in [5.74, 6) is -0.625. The van der Waals surface area contributed by atoms with Gasteiger partial charge in [0.1, 0.15) is 47.5 Å². The van der Waals surface area contributed by atoms with Gasteiger partial charge >= 0.3 is 11.6 Å². The molecule has 1 aliphatic heterocycles. The molecule has 210 valence electrons. The molecule has 1 aliphatic rings. The third-order valence-corrected chi connectivity index (χ3v) is 6.52. The van der Waals surface area contributed by atoms with E-state index in [1.54, 1.807) is 6.92 Å². The van der Waals surface area contributed by atoms with Gasteiger partial charge in [-0.25, -0.2) is 9.59 Å². The summed E-state index contributed by atoms with van der Waals surface area (Å²) in [5, 5.41) is 52.2. The second-order valence-electron chi connectivity index (χ2n) is 9.55. The molecule has 2 heterocycles. The number of hydrogen-bond donors (Lipinski definition) is 5. The van der Waals surface area contributed by atoms with Crippen LogP contribution in [-0.2, 0) is 19.0 Å². The highest BCUT2D eigenvalue weighted by molar-refractivity contribution is 5.88. The van der Waals surface area contributed by atoms with Gasteiger partial charge in [-0.15, -0.1) is 0 Å². The molecule has 1 saturated heterocycles. The van der Waals surface area contributed by atoms with Gasteiger partial charge in [0.05, 0.1) is 13.7 Å². The minimum absolute atomic E-state index is 0.131. The summed E-state index contributed by atoms with van der Waals surface area (Å²) >= 11 is 0. The number of ether oxygens (including phenoxy) is 4. The van der Waals surface area contributed by atoms with Crippen molar-refractivity contribution in [2.24, 2.45) is 0 Å². The zero-order valence-corrected chi connectivity index (χ0v) is 21.7. The second kappa shape index (κ2) is 11.9. The average molecular weight is 539 g/mol. The summed E-state index contributed by atoms with van der Waals surface area (Å²) in [4.78, 5) is 24.4. The zero-order chi connectivity index (χ0) is 28.4. The number of aliphatic hydroxyl groups is 5. The zero-order valence-electron chi connectivity index (χ0n) is 21.7. The van der Waals surface area contributed by atoms with E-state index in [9.17, 15) is 35.1 Å². The molecule has 1 aromatic carbocycles. The van der Waals surface area contributed by atoms with E-state index in [2.05, 4.69) is 0 Å². The molecule has 1 aromatic heterocycles. The largest absolute Gasteiger partial charge is 0.496 e. The van der Waals surface area contributed by atoms with Crippen LogP contribution in [0.4, 0.5) is 0 Å². The van der Waals surface area contributed by atoms with Gasteiger partial charge in [-0.05, 0) is 39.8 Å².